The van der Waals surface area contributed by atoms with Crippen LogP contribution >= 0.6 is 0 Å². The second-order valence-corrected chi connectivity index (χ2v) is 22.8. The van der Waals surface area contributed by atoms with Gasteiger partial charge >= 0.3 is 5.97 Å². The van der Waals surface area contributed by atoms with Crippen molar-refractivity contribution in [2.45, 2.75) is 346 Å². The van der Waals surface area contributed by atoms with Gasteiger partial charge in [0.15, 0.2) is 12.4 Å². The molecule has 6 N–H and O–H groups in total. The summed E-state index contributed by atoms with van der Waals surface area (Å²) in [5.74, 6) is -1.20. The normalized spacial score (nSPS) is 19.2. The predicted octanol–water partition coefficient (Wildman–Crippen LogP) is 16.2. The molecule has 0 spiro atoms. The van der Waals surface area contributed by atoms with Crippen molar-refractivity contribution in [3.63, 3.8) is 0 Å². The number of nitrogens with one attached hydrogen (secondary N) is 1. The molecule has 79 heavy (non-hydrogen) atoms. The molecular weight excluding hydrogens is 991 g/mol. The van der Waals surface area contributed by atoms with Crippen LogP contribution in [0.3, 0.4) is 0 Å². The van der Waals surface area contributed by atoms with Crippen molar-refractivity contribution < 1.29 is 49.3 Å². The molecule has 460 valence electrons. The van der Waals surface area contributed by atoms with Gasteiger partial charge in [-0.15, -0.1) is 0 Å². The van der Waals surface area contributed by atoms with Gasteiger partial charge in [-0.25, -0.2) is 0 Å². The smallest absolute Gasteiger partial charge is 0.306 e. The molecule has 0 aromatic rings. The summed E-state index contributed by atoms with van der Waals surface area (Å²) in [7, 11) is 0. The van der Waals surface area contributed by atoms with E-state index in [9.17, 15) is 35.1 Å². The quantitative estimate of drug-likeness (QED) is 0.0195. The van der Waals surface area contributed by atoms with Crippen LogP contribution in [0.25, 0.3) is 0 Å². The average Bonchev–Trinajstić information content (AvgIpc) is 3.47. The van der Waals surface area contributed by atoms with Crippen LogP contribution in [0.4, 0.5) is 0 Å². The van der Waals surface area contributed by atoms with Crippen molar-refractivity contribution >= 4 is 11.9 Å². The molecule has 1 rings (SSSR count). The molecule has 1 heterocycles. The van der Waals surface area contributed by atoms with E-state index in [1.165, 1.54) is 173 Å². The van der Waals surface area contributed by atoms with Crippen LogP contribution in [0.2, 0.25) is 0 Å². The number of amides is 1. The molecule has 8 unspecified atom stereocenters. The van der Waals surface area contributed by atoms with Crippen molar-refractivity contribution in [1.29, 1.82) is 0 Å². The SMILES string of the molecule is CCCCC/C=C\C/C=C\CCCCCCCCCCCCCC(=O)OC1C(OCC(NC(=O)C(O)CCCCCCCCCC/C=C\C/C=C\CCCCC)C(O)/C=C/CCCCCCCCCCC)OC(CO)C(O)C1O. The first-order valence-electron chi connectivity index (χ1n) is 33.1. The number of rotatable bonds is 56. The Morgan fingerprint density at radius 1 is 0.494 bits per heavy atom. The Kier molecular flexibility index (Phi) is 52.6. The maximum atomic E-state index is 13.4. The molecule has 0 radical (unpaired) electrons. The van der Waals surface area contributed by atoms with Gasteiger partial charge in [0.2, 0.25) is 5.91 Å². The fourth-order valence-electron chi connectivity index (χ4n) is 10.1. The molecule has 0 aliphatic carbocycles. The van der Waals surface area contributed by atoms with Gasteiger partial charge in [-0.1, -0.05) is 261 Å². The van der Waals surface area contributed by atoms with Gasteiger partial charge < -0.3 is 45.1 Å². The summed E-state index contributed by atoms with van der Waals surface area (Å²) in [6.07, 6.45) is 59.7. The summed E-state index contributed by atoms with van der Waals surface area (Å²) in [5.41, 5.74) is 0. The van der Waals surface area contributed by atoms with Gasteiger partial charge in [0.25, 0.3) is 0 Å². The highest BCUT2D eigenvalue weighted by atomic mass is 16.7. The molecular formula is C68H123NO10. The predicted molar refractivity (Wildman–Crippen MR) is 329 cm³/mol. The third-order valence-electron chi connectivity index (χ3n) is 15.4. The topological polar surface area (TPSA) is 175 Å². The lowest BCUT2D eigenvalue weighted by Gasteiger charge is -2.41. The highest BCUT2D eigenvalue weighted by Gasteiger charge is 2.47. The van der Waals surface area contributed by atoms with Gasteiger partial charge in [-0.2, -0.15) is 0 Å². The lowest BCUT2D eigenvalue weighted by molar-refractivity contribution is -0.305. The Morgan fingerprint density at radius 3 is 1.32 bits per heavy atom. The maximum absolute atomic E-state index is 13.4. The molecule has 8 atom stereocenters. The Labute approximate surface area is 484 Å². The van der Waals surface area contributed by atoms with Gasteiger partial charge in [-0.05, 0) is 89.9 Å². The standard InChI is InChI=1S/C68H123NO10/c1-4-7-10-13-16-19-22-24-26-28-30-31-32-34-36-38-41-44-47-50-53-56-63(73)79-66-65(75)64(74)62(57-70)78-68(66)77-58-59(60(71)54-51-48-45-42-39-21-18-15-12-9-6-3)69-67(76)61(72)55-52-49-46-43-40-37-35-33-29-27-25-23-20-17-14-11-8-5-2/h16-17,19-20,24-27,51,54,59-62,64-66,68,70-72,74-75H,4-15,18,21-23,28-50,52-53,55-58H2,1-3H3,(H,69,76)/b19-16-,20-17-,26-24-,27-25-,54-51+. The largest absolute Gasteiger partial charge is 0.454 e. The number of carbonyl (C=O) groups is 2. The molecule has 0 aromatic carbocycles. The lowest BCUT2D eigenvalue weighted by atomic mass is 9.99. The highest BCUT2D eigenvalue weighted by Crippen LogP contribution is 2.26. The summed E-state index contributed by atoms with van der Waals surface area (Å²) in [6.45, 7) is 5.75. The van der Waals surface area contributed by atoms with E-state index >= 15 is 0 Å². The first kappa shape index (κ1) is 74.4. The number of allylic oxidation sites excluding steroid dienone is 9. The van der Waals surface area contributed by atoms with Gasteiger partial charge in [0.05, 0.1) is 25.4 Å². The van der Waals surface area contributed by atoms with Crippen LogP contribution in [0.15, 0.2) is 60.8 Å². The van der Waals surface area contributed by atoms with E-state index in [1.807, 2.05) is 6.08 Å². The van der Waals surface area contributed by atoms with Crippen LogP contribution < -0.4 is 5.32 Å². The fourth-order valence-corrected chi connectivity index (χ4v) is 10.1. The molecule has 0 aromatic heterocycles. The van der Waals surface area contributed by atoms with Crippen molar-refractivity contribution in [2.24, 2.45) is 0 Å². The highest BCUT2D eigenvalue weighted by molar-refractivity contribution is 5.80. The number of carbonyl (C=O) groups excluding carboxylic acids is 2. The van der Waals surface area contributed by atoms with Crippen LogP contribution in [0.5, 0.6) is 0 Å². The Bertz CT molecular complexity index is 1510. The number of unbranched alkanes of at least 4 members (excludes halogenated alkanes) is 34. The Hall–Kier alpha value is -2.64. The number of hydrogen-bond acceptors (Lipinski definition) is 10. The first-order valence-corrected chi connectivity index (χ1v) is 33.1. The minimum absolute atomic E-state index is 0.120. The van der Waals surface area contributed by atoms with Gasteiger partial charge in [0, 0.05) is 6.42 Å². The number of aliphatic hydroxyl groups is 5. The maximum Gasteiger partial charge on any atom is 0.306 e. The van der Waals surface area contributed by atoms with E-state index in [1.54, 1.807) is 6.08 Å². The molecule has 0 bridgehead atoms. The van der Waals surface area contributed by atoms with E-state index < -0.39 is 67.4 Å². The monoisotopic (exact) mass is 1110 g/mol. The Balaban J connectivity index is 2.61. The van der Waals surface area contributed by atoms with Gasteiger partial charge in [0.1, 0.15) is 24.4 Å². The second-order valence-electron chi connectivity index (χ2n) is 22.8. The van der Waals surface area contributed by atoms with Crippen molar-refractivity contribution in [2.75, 3.05) is 13.2 Å². The summed E-state index contributed by atoms with van der Waals surface area (Å²) >= 11 is 0. The average molecular weight is 1110 g/mol. The molecule has 11 nitrogen and oxygen atoms in total. The van der Waals surface area contributed by atoms with E-state index in [2.05, 4.69) is 74.7 Å². The zero-order chi connectivity index (χ0) is 57.5. The zero-order valence-corrected chi connectivity index (χ0v) is 51.0. The van der Waals surface area contributed by atoms with Crippen molar-refractivity contribution in [1.82, 2.24) is 5.32 Å². The molecule has 11 heteroatoms. The molecule has 1 aliphatic heterocycles. The summed E-state index contributed by atoms with van der Waals surface area (Å²) in [6, 6.07) is -1.03. The molecule has 1 aliphatic rings. The van der Waals surface area contributed by atoms with Crippen molar-refractivity contribution in [3.05, 3.63) is 60.8 Å². The molecule has 0 saturated carbocycles. The van der Waals surface area contributed by atoms with Crippen molar-refractivity contribution in [3.8, 4) is 0 Å². The molecule has 1 fully saturated rings. The number of hydrogen-bond donors (Lipinski definition) is 6. The fraction of sp³-hybridized carbons (Fsp3) is 0.824. The number of ether oxygens (including phenoxy) is 3. The Morgan fingerprint density at radius 2 is 0.873 bits per heavy atom. The zero-order valence-electron chi connectivity index (χ0n) is 51.0. The van der Waals surface area contributed by atoms with E-state index in [-0.39, 0.29) is 19.4 Å². The summed E-state index contributed by atoms with van der Waals surface area (Å²) in [4.78, 5) is 26.6. The summed E-state index contributed by atoms with van der Waals surface area (Å²) < 4.78 is 17.7. The van der Waals surface area contributed by atoms with Crippen LogP contribution in [-0.2, 0) is 23.8 Å². The number of aliphatic hydroxyl groups excluding tert-OH is 5. The van der Waals surface area contributed by atoms with Gasteiger partial charge in [-0.3, -0.25) is 9.59 Å². The second kappa shape index (κ2) is 55.9. The molecule has 1 amide bonds. The van der Waals surface area contributed by atoms with Crippen LogP contribution in [-0.4, -0.2) is 99.6 Å². The minimum Gasteiger partial charge on any atom is -0.454 e. The number of esters is 1. The van der Waals surface area contributed by atoms with Crippen LogP contribution in [0, 0.1) is 0 Å². The molecule has 1 saturated heterocycles. The lowest BCUT2D eigenvalue weighted by Crippen LogP contribution is -2.61. The van der Waals surface area contributed by atoms with E-state index in [0.29, 0.717) is 12.8 Å². The third kappa shape index (κ3) is 43.7. The van der Waals surface area contributed by atoms with E-state index in [4.69, 9.17) is 14.2 Å². The van der Waals surface area contributed by atoms with Crippen LogP contribution in [0.1, 0.15) is 297 Å². The van der Waals surface area contributed by atoms with E-state index in [0.717, 1.165) is 77.0 Å². The third-order valence-corrected chi connectivity index (χ3v) is 15.4. The minimum atomic E-state index is -1.62. The summed E-state index contributed by atoms with van der Waals surface area (Å²) in [5, 5.41) is 57.1. The first-order chi connectivity index (χ1) is 38.7.